The highest BCUT2D eigenvalue weighted by Gasteiger charge is 2.23. The molecule has 0 aliphatic heterocycles. The number of halogens is 1. The zero-order chi connectivity index (χ0) is 15.7. The Hall–Kier alpha value is -2.37. The number of H-pyrrole nitrogens is 1. The first kappa shape index (κ1) is 15.0. The van der Waals surface area contributed by atoms with Crippen LogP contribution in [0.1, 0.15) is 40.3 Å². The van der Waals surface area contributed by atoms with E-state index < -0.39 is 11.6 Å². The summed E-state index contributed by atoms with van der Waals surface area (Å²) in [7, 11) is 1.67. The number of carbonyl (C=O) groups excluding carboxylic acids is 1. The van der Waals surface area contributed by atoms with E-state index in [9.17, 15) is 14.3 Å². The van der Waals surface area contributed by atoms with Crippen LogP contribution >= 0.6 is 0 Å². The van der Waals surface area contributed by atoms with Crippen LogP contribution < -0.4 is 0 Å². The Morgan fingerprint density at radius 2 is 2.10 bits per heavy atom. The van der Waals surface area contributed by atoms with E-state index in [1.165, 1.54) is 11.0 Å². The van der Waals surface area contributed by atoms with Crippen LogP contribution in [0, 0.1) is 19.7 Å². The van der Waals surface area contributed by atoms with Crippen molar-refractivity contribution in [2.24, 2.45) is 0 Å². The van der Waals surface area contributed by atoms with Crippen LogP contribution in [0.4, 0.5) is 4.39 Å². The molecule has 6 heteroatoms. The molecule has 2 N–H and O–H groups in total. The summed E-state index contributed by atoms with van der Waals surface area (Å²) < 4.78 is 13.1. The predicted molar refractivity (Wildman–Crippen MR) is 76.6 cm³/mol. The van der Waals surface area contributed by atoms with Gasteiger partial charge in [-0.1, -0.05) is 0 Å². The van der Waals surface area contributed by atoms with Gasteiger partial charge in [0.1, 0.15) is 0 Å². The molecule has 0 spiro atoms. The lowest BCUT2D eigenvalue weighted by atomic mass is 10.0. The van der Waals surface area contributed by atoms with Gasteiger partial charge in [0.15, 0.2) is 11.6 Å². The number of rotatable bonds is 3. The molecule has 1 amide bonds. The fourth-order valence-electron chi connectivity index (χ4n) is 2.39. The van der Waals surface area contributed by atoms with Gasteiger partial charge in [0, 0.05) is 23.9 Å². The second kappa shape index (κ2) is 5.55. The maximum atomic E-state index is 13.1. The highest BCUT2D eigenvalue weighted by atomic mass is 19.1. The van der Waals surface area contributed by atoms with Crippen molar-refractivity contribution in [3.8, 4) is 5.75 Å². The second-order valence-corrected chi connectivity index (χ2v) is 5.11. The fraction of sp³-hybridized carbons (Fsp3) is 0.333. The van der Waals surface area contributed by atoms with E-state index in [1.807, 2.05) is 20.8 Å². The van der Waals surface area contributed by atoms with Crippen LogP contribution in [0.3, 0.4) is 0 Å². The van der Waals surface area contributed by atoms with Gasteiger partial charge in [-0.3, -0.25) is 9.89 Å². The van der Waals surface area contributed by atoms with Crippen molar-refractivity contribution in [2.75, 3.05) is 7.05 Å². The topological polar surface area (TPSA) is 69.2 Å². The minimum absolute atomic E-state index is 0.191. The molecule has 0 saturated carbocycles. The van der Waals surface area contributed by atoms with E-state index in [1.54, 1.807) is 7.05 Å². The molecule has 2 rings (SSSR count). The molecule has 0 fully saturated rings. The van der Waals surface area contributed by atoms with Crippen LogP contribution in [0.5, 0.6) is 5.75 Å². The lowest BCUT2D eigenvalue weighted by molar-refractivity contribution is 0.0741. The number of aromatic hydroxyl groups is 1. The van der Waals surface area contributed by atoms with Crippen LogP contribution in [0.25, 0.3) is 0 Å². The molecule has 0 bridgehead atoms. The van der Waals surface area contributed by atoms with E-state index in [0.29, 0.717) is 0 Å². The molecule has 1 heterocycles. The van der Waals surface area contributed by atoms with Crippen molar-refractivity contribution < 1.29 is 14.3 Å². The van der Waals surface area contributed by atoms with Gasteiger partial charge in [-0.15, -0.1) is 0 Å². The molecular formula is C15H18FN3O2. The number of phenols is 1. The van der Waals surface area contributed by atoms with Gasteiger partial charge >= 0.3 is 0 Å². The first-order valence-corrected chi connectivity index (χ1v) is 6.60. The predicted octanol–water partition coefficient (Wildman–Crippen LogP) is 2.70. The zero-order valence-corrected chi connectivity index (χ0v) is 12.4. The first-order valence-electron chi connectivity index (χ1n) is 6.60. The first-order chi connectivity index (χ1) is 9.82. The lowest BCUT2D eigenvalue weighted by Gasteiger charge is -2.25. The van der Waals surface area contributed by atoms with Crippen molar-refractivity contribution >= 4 is 5.91 Å². The molecule has 0 radical (unpaired) electrons. The molecule has 0 aliphatic rings. The van der Waals surface area contributed by atoms with Crippen LogP contribution in [0.15, 0.2) is 18.2 Å². The third-order valence-corrected chi connectivity index (χ3v) is 3.70. The SMILES string of the molecule is Cc1n[nH]c(C)c1[C@@H](C)N(C)C(=O)c1ccc(F)c(O)c1. The highest BCUT2D eigenvalue weighted by molar-refractivity contribution is 5.94. The Morgan fingerprint density at radius 1 is 1.43 bits per heavy atom. The number of hydrogen-bond donors (Lipinski definition) is 2. The Kier molecular flexibility index (Phi) is 3.97. The lowest BCUT2D eigenvalue weighted by Crippen LogP contribution is -2.30. The summed E-state index contributed by atoms with van der Waals surface area (Å²) in [5, 5.41) is 16.4. The van der Waals surface area contributed by atoms with Crippen molar-refractivity contribution in [3.63, 3.8) is 0 Å². The van der Waals surface area contributed by atoms with Gasteiger partial charge in [-0.25, -0.2) is 4.39 Å². The molecule has 0 unspecified atom stereocenters. The summed E-state index contributed by atoms with van der Waals surface area (Å²) in [6.45, 7) is 5.66. The molecule has 1 aromatic heterocycles. The monoisotopic (exact) mass is 291 g/mol. The summed E-state index contributed by atoms with van der Waals surface area (Å²) >= 11 is 0. The molecule has 1 atom stereocenters. The summed E-state index contributed by atoms with van der Waals surface area (Å²) in [4.78, 5) is 14.0. The number of aryl methyl sites for hydroxylation is 2. The van der Waals surface area contributed by atoms with E-state index in [-0.39, 0.29) is 17.5 Å². The Balaban J connectivity index is 2.28. The Bertz CT molecular complexity index is 662. The molecule has 1 aromatic carbocycles. The third kappa shape index (κ3) is 2.74. The normalized spacial score (nSPS) is 12.2. The summed E-state index contributed by atoms with van der Waals surface area (Å²) in [6, 6.07) is 3.38. The van der Waals surface area contributed by atoms with Crippen LogP contribution in [-0.4, -0.2) is 33.2 Å². The number of nitrogens with zero attached hydrogens (tertiary/aromatic N) is 2. The third-order valence-electron chi connectivity index (χ3n) is 3.70. The molecule has 0 saturated heterocycles. The van der Waals surface area contributed by atoms with Gasteiger partial charge in [0.25, 0.3) is 5.91 Å². The van der Waals surface area contributed by atoms with Gasteiger partial charge in [-0.05, 0) is 39.0 Å². The second-order valence-electron chi connectivity index (χ2n) is 5.11. The molecular weight excluding hydrogens is 273 g/mol. The Labute approximate surface area is 122 Å². The number of nitrogens with one attached hydrogen (secondary N) is 1. The number of carbonyl (C=O) groups is 1. The number of aromatic nitrogens is 2. The van der Waals surface area contributed by atoms with Crippen molar-refractivity contribution in [2.45, 2.75) is 26.8 Å². The summed E-state index contributed by atoms with van der Waals surface area (Å²) in [5.41, 5.74) is 2.93. The quantitative estimate of drug-likeness (QED) is 0.913. The standard InChI is InChI=1S/C15H18FN3O2/c1-8-14(9(2)18-17-8)10(3)19(4)15(21)11-5-6-12(16)13(20)7-11/h5-7,10,20H,1-4H3,(H,17,18)/t10-/m1/s1. The van der Waals surface area contributed by atoms with E-state index in [0.717, 1.165) is 29.1 Å². The van der Waals surface area contributed by atoms with Crippen molar-refractivity contribution in [3.05, 3.63) is 46.5 Å². The molecule has 0 aliphatic carbocycles. The fourth-order valence-corrected chi connectivity index (χ4v) is 2.39. The number of benzene rings is 1. The van der Waals surface area contributed by atoms with Crippen LogP contribution in [0.2, 0.25) is 0 Å². The molecule has 112 valence electrons. The molecule has 2 aromatic rings. The van der Waals surface area contributed by atoms with E-state index >= 15 is 0 Å². The number of amides is 1. The molecule has 21 heavy (non-hydrogen) atoms. The number of phenolic OH excluding ortho intramolecular Hbond substituents is 1. The maximum absolute atomic E-state index is 13.1. The maximum Gasteiger partial charge on any atom is 0.254 e. The highest BCUT2D eigenvalue weighted by Crippen LogP contribution is 2.26. The minimum Gasteiger partial charge on any atom is -0.505 e. The summed E-state index contributed by atoms with van der Waals surface area (Å²) in [6.07, 6.45) is 0. The number of hydrogen-bond acceptors (Lipinski definition) is 3. The zero-order valence-electron chi connectivity index (χ0n) is 12.4. The van der Waals surface area contributed by atoms with Gasteiger partial charge in [-0.2, -0.15) is 5.10 Å². The smallest absolute Gasteiger partial charge is 0.254 e. The van der Waals surface area contributed by atoms with Crippen LogP contribution in [-0.2, 0) is 0 Å². The summed E-state index contributed by atoms with van der Waals surface area (Å²) in [5.74, 6) is -1.57. The average Bonchev–Trinajstić information content (AvgIpc) is 2.79. The van der Waals surface area contributed by atoms with Gasteiger partial charge < -0.3 is 10.0 Å². The molecule has 5 nitrogen and oxygen atoms in total. The number of aromatic amines is 1. The Morgan fingerprint density at radius 3 is 2.62 bits per heavy atom. The van der Waals surface area contributed by atoms with Gasteiger partial charge in [0.2, 0.25) is 0 Å². The van der Waals surface area contributed by atoms with Crippen molar-refractivity contribution in [1.82, 2.24) is 15.1 Å². The van der Waals surface area contributed by atoms with Crippen molar-refractivity contribution in [1.29, 1.82) is 0 Å². The van der Waals surface area contributed by atoms with E-state index in [2.05, 4.69) is 10.2 Å². The van der Waals surface area contributed by atoms with E-state index in [4.69, 9.17) is 0 Å². The van der Waals surface area contributed by atoms with Gasteiger partial charge in [0.05, 0.1) is 11.7 Å². The largest absolute Gasteiger partial charge is 0.505 e. The minimum atomic E-state index is -0.747. The average molecular weight is 291 g/mol.